The van der Waals surface area contributed by atoms with Gasteiger partial charge in [-0.05, 0) is 32.0 Å². The Kier molecular flexibility index (Phi) is 6.67. The first-order chi connectivity index (χ1) is 12.2. The van der Waals surface area contributed by atoms with Crippen LogP contribution in [0.3, 0.4) is 0 Å². The standard InChI is InChI=1S/C19H30N4O2/c1-22(13-16-6-3-2-4-7-16)11-9-20-19(24)21-12-18-14-23-10-5-8-17(23)15-25-18/h2-4,6-7,17-18H,5,8-15H2,1H3,(H2,20,21,24). The van der Waals surface area contributed by atoms with Crippen LogP contribution in [0.2, 0.25) is 0 Å². The molecule has 1 aromatic rings. The van der Waals surface area contributed by atoms with Crippen LogP contribution in [0.15, 0.2) is 30.3 Å². The Morgan fingerprint density at radius 2 is 2.16 bits per heavy atom. The van der Waals surface area contributed by atoms with Crippen molar-refractivity contribution < 1.29 is 9.53 Å². The summed E-state index contributed by atoms with van der Waals surface area (Å²) in [6.45, 7) is 5.83. The quantitative estimate of drug-likeness (QED) is 0.781. The van der Waals surface area contributed by atoms with Crippen LogP contribution in [-0.4, -0.2) is 74.4 Å². The van der Waals surface area contributed by atoms with Gasteiger partial charge in [0.1, 0.15) is 0 Å². The number of fused-ring (bicyclic) bond motifs is 1. The van der Waals surface area contributed by atoms with E-state index in [1.54, 1.807) is 0 Å². The molecule has 138 valence electrons. The van der Waals surface area contributed by atoms with Crippen LogP contribution in [0.25, 0.3) is 0 Å². The zero-order valence-electron chi connectivity index (χ0n) is 15.1. The molecule has 0 aromatic heterocycles. The van der Waals surface area contributed by atoms with E-state index in [0.717, 1.165) is 26.2 Å². The average Bonchev–Trinajstić information content (AvgIpc) is 3.08. The van der Waals surface area contributed by atoms with Gasteiger partial charge in [0.25, 0.3) is 0 Å². The van der Waals surface area contributed by atoms with Crippen molar-refractivity contribution in [2.24, 2.45) is 0 Å². The van der Waals surface area contributed by atoms with Crippen molar-refractivity contribution in [2.45, 2.75) is 31.5 Å². The molecule has 2 saturated heterocycles. The fourth-order valence-corrected chi connectivity index (χ4v) is 3.61. The summed E-state index contributed by atoms with van der Waals surface area (Å²) in [5, 5.41) is 5.86. The highest BCUT2D eigenvalue weighted by molar-refractivity contribution is 5.73. The second kappa shape index (κ2) is 9.17. The number of nitrogens with zero attached hydrogens (tertiary/aromatic N) is 2. The predicted octanol–water partition coefficient (Wildman–Crippen LogP) is 1.28. The molecule has 2 unspecified atom stereocenters. The molecule has 0 bridgehead atoms. The summed E-state index contributed by atoms with van der Waals surface area (Å²) in [6, 6.07) is 10.8. The van der Waals surface area contributed by atoms with Gasteiger partial charge in [-0.15, -0.1) is 0 Å². The molecule has 2 heterocycles. The highest BCUT2D eigenvalue weighted by Gasteiger charge is 2.32. The number of amides is 2. The number of carbonyl (C=O) groups excluding carboxylic acids is 1. The molecular weight excluding hydrogens is 316 g/mol. The van der Waals surface area contributed by atoms with E-state index in [1.807, 2.05) is 18.2 Å². The highest BCUT2D eigenvalue weighted by atomic mass is 16.5. The van der Waals surface area contributed by atoms with Crippen molar-refractivity contribution in [2.75, 3.05) is 46.4 Å². The summed E-state index contributed by atoms with van der Waals surface area (Å²) in [5.74, 6) is 0. The van der Waals surface area contributed by atoms with Crippen molar-refractivity contribution in [3.8, 4) is 0 Å². The number of hydrogen-bond acceptors (Lipinski definition) is 4. The Morgan fingerprint density at radius 1 is 1.32 bits per heavy atom. The molecule has 2 N–H and O–H groups in total. The van der Waals surface area contributed by atoms with E-state index in [9.17, 15) is 4.79 Å². The van der Waals surface area contributed by atoms with Crippen LogP contribution in [0, 0.1) is 0 Å². The molecule has 6 heteroatoms. The lowest BCUT2D eigenvalue weighted by atomic mass is 10.2. The molecule has 6 nitrogen and oxygen atoms in total. The highest BCUT2D eigenvalue weighted by Crippen LogP contribution is 2.22. The lowest BCUT2D eigenvalue weighted by Gasteiger charge is -2.35. The minimum absolute atomic E-state index is 0.111. The molecular formula is C19H30N4O2. The van der Waals surface area contributed by atoms with E-state index < -0.39 is 0 Å². The van der Waals surface area contributed by atoms with Crippen molar-refractivity contribution in [1.82, 2.24) is 20.4 Å². The molecule has 0 aliphatic carbocycles. The Balaban J connectivity index is 1.27. The van der Waals surface area contributed by atoms with Gasteiger partial charge in [0.2, 0.25) is 0 Å². The Bertz CT molecular complexity index is 539. The van der Waals surface area contributed by atoms with Gasteiger partial charge in [0.15, 0.2) is 0 Å². The van der Waals surface area contributed by atoms with Gasteiger partial charge in [-0.3, -0.25) is 4.90 Å². The lowest BCUT2D eigenvalue weighted by Crippen LogP contribution is -2.51. The van der Waals surface area contributed by atoms with Gasteiger partial charge in [0, 0.05) is 38.8 Å². The van der Waals surface area contributed by atoms with Crippen molar-refractivity contribution in [3.63, 3.8) is 0 Å². The average molecular weight is 346 g/mol. The fraction of sp³-hybridized carbons (Fsp3) is 0.632. The van der Waals surface area contributed by atoms with Crippen LogP contribution < -0.4 is 10.6 Å². The summed E-state index contributed by atoms with van der Waals surface area (Å²) >= 11 is 0. The molecule has 2 amide bonds. The van der Waals surface area contributed by atoms with Crippen LogP contribution in [0.5, 0.6) is 0 Å². The maximum Gasteiger partial charge on any atom is 0.314 e. The number of nitrogens with one attached hydrogen (secondary N) is 2. The second-order valence-electron chi connectivity index (χ2n) is 7.11. The van der Waals surface area contributed by atoms with E-state index in [2.05, 4.69) is 39.6 Å². The fourth-order valence-electron chi connectivity index (χ4n) is 3.61. The molecule has 1 aromatic carbocycles. The maximum atomic E-state index is 11.9. The first-order valence-corrected chi connectivity index (χ1v) is 9.30. The van der Waals surface area contributed by atoms with E-state index in [1.165, 1.54) is 24.9 Å². The minimum atomic E-state index is -0.111. The van der Waals surface area contributed by atoms with Gasteiger partial charge >= 0.3 is 6.03 Å². The molecule has 25 heavy (non-hydrogen) atoms. The van der Waals surface area contributed by atoms with Gasteiger partial charge in [-0.1, -0.05) is 30.3 Å². The smallest absolute Gasteiger partial charge is 0.314 e. The van der Waals surface area contributed by atoms with E-state index >= 15 is 0 Å². The molecule has 2 aliphatic heterocycles. The molecule has 0 radical (unpaired) electrons. The van der Waals surface area contributed by atoms with Gasteiger partial charge in [0.05, 0.1) is 12.7 Å². The maximum absolute atomic E-state index is 11.9. The number of rotatable bonds is 7. The van der Waals surface area contributed by atoms with Crippen LogP contribution >= 0.6 is 0 Å². The Labute approximate surface area is 150 Å². The number of carbonyl (C=O) groups is 1. The van der Waals surface area contributed by atoms with Gasteiger partial charge in [-0.2, -0.15) is 0 Å². The topological polar surface area (TPSA) is 56.8 Å². The number of benzene rings is 1. The first kappa shape index (κ1) is 18.2. The number of likely N-dealkylation sites (N-methyl/N-ethyl adjacent to an activating group) is 1. The summed E-state index contributed by atoms with van der Waals surface area (Å²) in [7, 11) is 2.06. The zero-order valence-corrected chi connectivity index (χ0v) is 15.1. The van der Waals surface area contributed by atoms with Crippen molar-refractivity contribution in [1.29, 1.82) is 0 Å². The third-order valence-corrected chi connectivity index (χ3v) is 5.03. The van der Waals surface area contributed by atoms with Crippen LogP contribution in [-0.2, 0) is 11.3 Å². The summed E-state index contributed by atoms with van der Waals surface area (Å²) in [4.78, 5) is 16.6. The number of ether oxygens (including phenoxy) is 1. The zero-order chi connectivity index (χ0) is 17.5. The Morgan fingerprint density at radius 3 is 3.00 bits per heavy atom. The third-order valence-electron chi connectivity index (χ3n) is 5.03. The second-order valence-corrected chi connectivity index (χ2v) is 7.11. The van der Waals surface area contributed by atoms with Crippen LogP contribution in [0.4, 0.5) is 4.79 Å². The third kappa shape index (κ3) is 5.70. The molecule has 0 spiro atoms. The SMILES string of the molecule is CN(CCNC(=O)NCC1CN2CCCC2CO1)Cc1ccccc1. The molecule has 2 fully saturated rings. The summed E-state index contributed by atoms with van der Waals surface area (Å²) in [5.41, 5.74) is 1.28. The molecule has 2 aliphatic rings. The monoisotopic (exact) mass is 346 g/mol. The number of morpholine rings is 1. The van der Waals surface area contributed by atoms with Gasteiger partial charge < -0.3 is 20.3 Å². The van der Waals surface area contributed by atoms with E-state index in [4.69, 9.17) is 4.74 Å². The van der Waals surface area contributed by atoms with E-state index in [0.29, 0.717) is 19.1 Å². The van der Waals surface area contributed by atoms with Crippen LogP contribution in [0.1, 0.15) is 18.4 Å². The Hall–Kier alpha value is -1.63. The molecule has 0 saturated carbocycles. The number of hydrogen-bond donors (Lipinski definition) is 2. The molecule has 3 rings (SSSR count). The summed E-state index contributed by atoms with van der Waals surface area (Å²) in [6.07, 6.45) is 2.63. The van der Waals surface area contributed by atoms with E-state index in [-0.39, 0.29) is 12.1 Å². The largest absolute Gasteiger partial charge is 0.373 e. The van der Waals surface area contributed by atoms with Crippen molar-refractivity contribution >= 4 is 6.03 Å². The normalized spacial score (nSPS) is 23.4. The summed E-state index contributed by atoms with van der Waals surface area (Å²) < 4.78 is 5.86. The lowest BCUT2D eigenvalue weighted by molar-refractivity contribution is -0.0457. The van der Waals surface area contributed by atoms with Gasteiger partial charge in [-0.25, -0.2) is 4.79 Å². The molecule has 2 atom stereocenters. The van der Waals surface area contributed by atoms with Crippen molar-refractivity contribution in [3.05, 3.63) is 35.9 Å². The number of urea groups is 1. The first-order valence-electron chi connectivity index (χ1n) is 9.30. The predicted molar refractivity (Wildman–Crippen MR) is 98.5 cm³/mol. The minimum Gasteiger partial charge on any atom is -0.373 e.